The molecule has 2 nitrogen and oxygen atoms in total. The van der Waals surface area contributed by atoms with E-state index in [9.17, 15) is 0 Å². The maximum atomic E-state index is 2.70. The lowest BCUT2D eigenvalue weighted by atomic mass is 10.0. The molecule has 1 aliphatic heterocycles. The van der Waals surface area contributed by atoms with Gasteiger partial charge in [-0.2, -0.15) is 0 Å². The van der Waals surface area contributed by atoms with Crippen LogP contribution in [0, 0.1) is 0 Å². The zero-order valence-corrected chi connectivity index (χ0v) is 26.8. The first kappa shape index (κ1) is 35.4. The van der Waals surface area contributed by atoms with Gasteiger partial charge in [-0.15, -0.1) is 0 Å². The topological polar surface area (TPSA) is 6.48 Å². The number of nitrogens with zero attached hydrogens (tertiary/aromatic N) is 2. The average Bonchev–Trinajstić information content (AvgIpc) is 3.31. The zero-order chi connectivity index (χ0) is 27.4. The van der Waals surface area contributed by atoms with Gasteiger partial charge in [0, 0.05) is 25.5 Å². The van der Waals surface area contributed by atoms with Crippen LogP contribution in [-0.2, 0) is 0 Å². The zero-order valence-electron chi connectivity index (χ0n) is 26.8. The third-order valence-corrected chi connectivity index (χ3v) is 8.82. The van der Waals surface area contributed by atoms with Gasteiger partial charge in [-0.25, -0.2) is 0 Å². The van der Waals surface area contributed by atoms with Crippen LogP contribution in [0.3, 0.4) is 0 Å². The second-order valence-electron chi connectivity index (χ2n) is 12.5. The first-order chi connectivity index (χ1) is 18.8. The van der Waals surface area contributed by atoms with Crippen LogP contribution in [0.15, 0.2) is 12.4 Å². The van der Waals surface area contributed by atoms with Crippen LogP contribution < -0.4 is 0 Å². The molecule has 38 heavy (non-hydrogen) atoms. The molecule has 0 aromatic heterocycles. The van der Waals surface area contributed by atoms with E-state index in [-0.39, 0.29) is 0 Å². The lowest BCUT2D eigenvalue weighted by Gasteiger charge is -2.33. The fourth-order valence-electron chi connectivity index (χ4n) is 6.19. The molecule has 1 heterocycles. The molecule has 0 radical (unpaired) electrons. The Hall–Kier alpha value is -0.660. The van der Waals surface area contributed by atoms with Gasteiger partial charge in [0.25, 0.3) is 0 Å². The molecule has 226 valence electrons. The van der Waals surface area contributed by atoms with Gasteiger partial charge in [0.1, 0.15) is 6.17 Å². The molecule has 0 saturated heterocycles. The fourth-order valence-corrected chi connectivity index (χ4v) is 6.19. The molecule has 0 aromatic carbocycles. The minimum Gasteiger partial charge on any atom is -0.356 e. The molecule has 0 bridgehead atoms. The quantitative estimate of drug-likeness (QED) is 0.0848. The summed E-state index contributed by atoms with van der Waals surface area (Å²) in [5.41, 5.74) is 0. The van der Waals surface area contributed by atoms with Crippen molar-refractivity contribution in [2.75, 3.05) is 13.1 Å². The Bertz CT molecular complexity index is 488. The van der Waals surface area contributed by atoms with Crippen molar-refractivity contribution in [1.82, 2.24) is 9.80 Å². The van der Waals surface area contributed by atoms with Crippen molar-refractivity contribution in [2.45, 2.75) is 207 Å². The lowest BCUT2D eigenvalue weighted by Crippen LogP contribution is -2.39. The highest BCUT2D eigenvalue weighted by molar-refractivity contribution is 4.97. The standard InChI is InChI=1S/C36H72N2/c1-4-7-10-13-15-16-17-18-19-20-21-22-23-25-27-30-33-38-35-34-37(32-29-12-9-6-3)36(38)31-28-26-24-14-11-8-5-2/h34-36H,4-33H2,1-3H3. The number of unbranched alkanes of at least 4 members (excludes halogenated alkanes) is 24. The third kappa shape index (κ3) is 20.3. The first-order valence-electron chi connectivity index (χ1n) is 18.0. The van der Waals surface area contributed by atoms with Crippen molar-refractivity contribution in [3.8, 4) is 0 Å². The highest BCUT2D eigenvalue weighted by Gasteiger charge is 2.24. The molecule has 0 N–H and O–H groups in total. The van der Waals surface area contributed by atoms with E-state index in [1.165, 1.54) is 193 Å². The maximum absolute atomic E-state index is 2.70. The fraction of sp³-hybridized carbons (Fsp3) is 0.944. The van der Waals surface area contributed by atoms with E-state index in [1.807, 2.05) is 0 Å². The van der Waals surface area contributed by atoms with Gasteiger partial charge < -0.3 is 9.80 Å². The Morgan fingerprint density at radius 2 is 0.605 bits per heavy atom. The molecular formula is C36H72N2. The van der Waals surface area contributed by atoms with Crippen molar-refractivity contribution >= 4 is 0 Å². The average molecular weight is 533 g/mol. The van der Waals surface area contributed by atoms with Crippen molar-refractivity contribution < 1.29 is 0 Å². The molecule has 0 aliphatic carbocycles. The van der Waals surface area contributed by atoms with Crippen LogP contribution in [0.1, 0.15) is 201 Å². The molecule has 0 fully saturated rings. The van der Waals surface area contributed by atoms with E-state index >= 15 is 0 Å². The molecule has 0 spiro atoms. The van der Waals surface area contributed by atoms with E-state index in [4.69, 9.17) is 0 Å². The van der Waals surface area contributed by atoms with Crippen molar-refractivity contribution in [1.29, 1.82) is 0 Å². The van der Waals surface area contributed by atoms with Crippen LogP contribution in [0.2, 0.25) is 0 Å². The van der Waals surface area contributed by atoms with Crippen LogP contribution in [-0.4, -0.2) is 29.1 Å². The van der Waals surface area contributed by atoms with E-state index in [0.29, 0.717) is 6.17 Å². The lowest BCUT2D eigenvalue weighted by molar-refractivity contribution is 0.135. The van der Waals surface area contributed by atoms with E-state index in [0.717, 1.165) is 0 Å². The monoisotopic (exact) mass is 533 g/mol. The summed E-state index contributed by atoms with van der Waals surface area (Å²) in [4.78, 5) is 5.37. The molecular weight excluding hydrogens is 460 g/mol. The van der Waals surface area contributed by atoms with Gasteiger partial charge in [0.2, 0.25) is 0 Å². The summed E-state index contributed by atoms with van der Waals surface area (Å²) in [6.45, 7) is 9.46. The molecule has 2 heteroatoms. The molecule has 1 aliphatic rings. The van der Waals surface area contributed by atoms with E-state index in [2.05, 4.69) is 43.0 Å². The van der Waals surface area contributed by atoms with Crippen molar-refractivity contribution in [2.24, 2.45) is 0 Å². The summed E-state index contributed by atoms with van der Waals surface area (Å²) in [7, 11) is 0. The summed E-state index contributed by atoms with van der Waals surface area (Å²) >= 11 is 0. The Morgan fingerprint density at radius 3 is 0.947 bits per heavy atom. The summed E-state index contributed by atoms with van der Waals surface area (Å²) in [6, 6.07) is 0. The Morgan fingerprint density at radius 1 is 0.342 bits per heavy atom. The molecule has 1 rings (SSSR count). The number of hydrogen-bond donors (Lipinski definition) is 0. The summed E-state index contributed by atoms with van der Waals surface area (Å²) in [5, 5.41) is 0. The summed E-state index contributed by atoms with van der Waals surface area (Å²) in [5.74, 6) is 0. The van der Waals surface area contributed by atoms with Crippen LogP contribution in [0.25, 0.3) is 0 Å². The van der Waals surface area contributed by atoms with Crippen LogP contribution in [0.5, 0.6) is 0 Å². The van der Waals surface area contributed by atoms with Gasteiger partial charge >= 0.3 is 0 Å². The SMILES string of the molecule is CCCCCCCCCCCCCCCCCCN1C=CN(CCCCCC)C1CCCCCCCCC. The predicted octanol–water partition coefficient (Wildman–Crippen LogP) is 12.4. The Balaban J connectivity index is 2.08. The highest BCUT2D eigenvalue weighted by atomic mass is 15.4. The largest absolute Gasteiger partial charge is 0.356 e. The second-order valence-corrected chi connectivity index (χ2v) is 12.5. The minimum atomic E-state index is 0.642. The predicted molar refractivity (Wildman–Crippen MR) is 173 cm³/mol. The van der Waals surface area contributed by atoms with E-state index in [1.54, 1.807) is 0 Å². The van der Waals surface area contributed by atoms with Gasteiger partial charge in [0.05, 0.1) is 0 Å². The van der Waals surface area contributed by atoms with E-state index < -0.39 is 0 Å². The van der Waals surface area contributed by atoms with Gasteiger partial charge in [-0.05, 0) is 25.7 Å². The molecule has 1 atom stereocenters. The summed E-state index contributed by atoms with van der Waals surface area (Å²) in [6.07, 6.45) is 45.5. The van der Waals surface area contributed by atoms with Crippen molar-refractivity contribution in [3.63, 3.8) is 0 Å². The number of hydrogen-bond acceptors (Lipinski definition) is 2. The third-order valence-electron chi connectivity index (χ3n) is 8.82. The first-order valence-corrected chi connectivity index (χ1v) is 18.0. The molecule has 0 amide bonds. The second kappa shape index (κ2) is 27.9. The van der Waals surface area contributed by atoms with Gasteiger partial charge in [-0.3, -0.25) is 0 Å². The van der Waals surface area contributed by atoms with Crippen LogP contribution >= 0.6 is 0 Å². The Kier molecular flexibility index (Phi) is 26.0. The molecule has 1 unspecified atom stereocenters. The molecule has 0 aromatic rings. The minimum absolute atomic E-state index is 0.642. The van der Waals surface area contributed by atoms with Crippen LogP contribution in [0.4, 0.5) is 0 Å². The highest BCUT2D eigenvalue weighted by Crippen LogP contribution is 2.24. The van der Waals surface area contributed by atoms with Gasteiger partial charge in [-0.1, -0.05) is 175 Å². The number of rotatable bonds is 30. The summed E-state index contributed by atoms with van der Waals surface area (Å²) < 4.78 is 0. The van der Waals surface area contributed by atoms with Crippen molar-refractivity contribution in [3.05, 3.63) is 12.4 Å². The molecule has 0 saturated carbocycles. The smallest absolute Gasteiger partial charge is 0.101 e. The van der Waals surface area contributed by atoms with Gasteiger partial charge in [0.15, 0.2) is 0 Å². The maximum Gasteiger partial charge on any atom is 0.101 e. The normalized spacial score (nSPS) is 15.3. The Labute approximate surface area is 241 Å².